The summed E-state index contributed by atoms with van der Waals surface area (Å²) in [6.45, 7) is 6.56. The number of hydrogen-bond donors (Lipinski definition) is 1. The van der Waals surface area contributed by atoms with Crippen molar-refractivity contribution in [2.75, 3.05) is 0 Å². The van der Waals surface area contributed by atoms with E-state index in [-0.39, 0.29) is 0 Å². The van der Waals surface area contributed by atoms with Crippen LogP contribution in [0.2, 0.25) is 6.82 Å². The molecule has 0 aliphatic heterocycles. The van der Waals surface area contributed by atoms with Gasteiger partial charge in [-0.05, 0) is 12.8 Å². The van der Waals surface area contributed by atoms with Crippen LogP contribution in [-0.4, -0.2) is 27.2 Å². The van der Waals surface area contributed by atoms with Crippen LogP contribution in [0.25, 0.3) is 11.2 Å². The van der Waals surface area contributed by atoms with Crippen molar-refractivity contribution in [2.45, 2.75) is 52.3 Å². The predicted octanol–water partition coefficient (Wildman–Crippen LogP) is 2.15. The SMILES string of the molecule is CBc1nc(C(CC)CCCC)nc2[nH]cnc12. The number of unbranched alkanes of at least 4 members (excludes halogenated alkanes) is 1. The second kappa shape index (κ2) is 5.98. The third kappa shape index (κ3) is 2.55. The highest BCUT2D eigenvalue weighted by Gasteiger charge is 2.16. The van der Waals surface area contributed by atoms with Crippen LogP contribution in [0.1, 0.15) is 51.3 Å². The van der Waals surface area contributed by atoms with Gasteiger partial charge < -0.3 is 4.98 Å². The summed E-state index contributed by atoms with van der Waals surface area (Å²) in [6, 6.07) is 0. The summed E-state index contributed by atoms with van der Waals surface area (Å²) in [5.41, 5.74) is 2.87. The number of nitrogens with zero attached hydrogens (tertiary/aromatic N) is 3. The first-order valence-electron chi connectivity index (χ1n) is 6.99. The number of H-pyrrole nitrogens is 1. The van der Waals surface area contributed by atoms with Crippen LogP contribution >= 0.6 is 0 Å². The first-order chi connectivity index (χ1) is 8.80. The molecule has 0 fully saturated rings. The zero-order valence-corrected chi connectivity index (χ0v) is 11.5. The van der Waals surface area contributed by atoms with Gasteiger partial charge in [-0.3, -0.25) is 0 Å². The third-order valence-corrected chi connectivity index (χ3v) is 3.47. The van der Waals surface area contributed by atoms with Gasteiger partial charge in [0.2, 0.25) is 0 Å². The van der Waals surface area contributed by atoms with E-state index in [0.717, 1.165) is 36.3 Å². The van der Waals surface area contributed by atoms with Crippen LogP contribution in [-0.2, 0) is 0 Å². The van der Waals surface area contributed by atoms with Crippen molar-refractivity contribution in [3.63, 3.8) is 0 Å². The molecule has 0 bridgehead atoms. The lowest BCUT2D eigenvalue weighted by Gasteiger charge is -2.13. The molecule has 0 radical (unpaired) electrons. The maximum atomic E-state index is 4.72. The van der Waals surface area contributed by atoms with Crippen molar-refractivity contribution in [3.8, 4) is 0 Å². The Balaban J connectivity index is 2.36. The Morgan fingerprint density at radius 2 is 2.17 bits per heavy atom. The number of rotatable bonds is 6. The summed E-state index contributed by atoms with van der Waals surface area (Å²) in [5, 5.41) is 0. The van der Waals surface area contributed by atoms with E-state index in [9.17, 15) is 0 Å². The van der Waals surface area contributed by atoms with Crippen molar-refractivity contribution < 1.29 is 0 Å². The second-order valence-corrected chi connectivity index (χ2v) is 4.73. The van der Waals surface area contributed by atoms with Gasteiger partial charge in [-0.2, -0.15) is 0 Å². The van der Waals surface area contributed by atoms with Crippen molar-refractivity contribution in [1.29, 1.82) is 0 Å². The topological polar surface area (TPSA) is 54.5 Å². The predicted molar refractivity (Wildman–Crippen MR) is 76.9 cm³/mol. The van der Waals surface area contributed by atoms with Gasteiger partial charge in [0.15, 0.2) is 12.9 Å². The summed E-state index contributed by atoms with van der Waals surface area (Å²) in [7, 11) is 0.904. The van der Waals surface area contributed by atoms with Gasteiger partial charge >= 0.3 is 0 Å². The van der Waals surface area contributed by atoms with E-state index in [1.165, 1.54) is 19.3 Å². The van der Waals surface area contributed by atoms with Crippen LogP contribution < -0.4 is 5.59 Å². The number of imidazole rings is 1. The molecule has 2 aromatic heterocycles. The molecule has 0 aliphatic rings. The Hall–Kier alpha value is -1.39. The molecule has 1 N–H and O–H groups in total. The Kier molecular flexibility index (Phi) is 4.34. The van der Waals surface area contributed by atoms with Crippen molar-refractivity contribution in [1.82, 2.24) is 19.9 Å². The Labute approximate surface area is 109 Å². The lowest BCUT2D eigenvalue weighted by atomic mass is 9.77. The maximum Gasteiger partial charge on any atom is 0.182 e. The van der Waals surface area contributed by atoms with Gasteiger partial charge in [0.1, 0.15) is 11.3 Å². The Morgan fingerprint density at radius 3 is 2.83 bits per heavy atom. The average molecular weight is 244 g/mol. The summed E-state index contributed by atoms with van der Waals surface area (Å²) in [6.07, 6.45) is 6.45. The minimum atomic E-state index is 0.475. The van der Waals surface area contributed by atoms with Gasteiger partial charge in [-0.15, -0.1) is 0 Å². The molecule has 2 rings (SSSR count). The third-order valence-electron chi connectivity index (χ3n) is 3.47. The molecule has 0 amide bonds. The monoisotopic (exact) mass is 244 g/mol. The van der Waals surface area contributed by atoms with Gasteiger partial charge in [-0.1, -0.05) is 33.5 Å². The number of aromatic nitrogens is 4. The maximum absolute atomic E-state index is 4.72. The molecular weight excluding hydrogens is 223 g/mol. The van der Waals surface area contributed by atoms with Crippen LogP contribution in [0.15, 0.2) is 6.33 Å². The molecule has 1 atom stereocenters. The first-order valence-corrected chi connectivity index (χ1v) is 6.99. The highest BCUT2D eigenvalue weighted by atomic mass is 15.0. The zero-order chi connectivity index (χ0) is 13.0. The smallest absolute Gasteiger partial charge is 0.182 e. The highest BCUT2D eigenvalue weighted by molar-refractivity contribution is 6.54. The molecule has 0 spiro atoms. The minimum Gasteiger partial charge on any atom is -0.329 e. The normalized spacial score (nSPS) is 12.8. The zero-order valence-electron chi connectivity index (χ0n) is 11.5. The van der Waals surface area contributed by atoms with Crippen LogP contribution in [0, 0.1) is 0 Å². The largest absolute Gasteiger partial charge is 0.329 e. The molecule has 96 valence electrons. The van der Waals surface area contributed by atoms with Gasteiger partial charge in [0, 0.05) is 11.5 Å². The van der Waals surface area contributed by atoms with E-state index in [2.05, 4.69) is 35.6 Å². The van der Waals surface area contributed by atoms with E-state index in [0.29, 0.717) is 5.92 Å². The number of fused-ring (bicyclic) bond motifs is 1. The lowest BCUT2D eigenvalue weighted by Crippen LogP contribution is -2.21. The van der Waals surface area contributed by atoms with E-state index >= 15 is 0 Å². The fourth-order valence-electron chi connectivity index (χ4n) is 2.31. The molecule has 5 heteroatoms. The fourth-order valence-corrected chi connectivity index (χ4v) is 2.31. The Bertz CT molecular complexity index is 509. The van der Waals surface area contributed by atoms with Crippen LogP contribution in [0.3, 0.4) is 0 Å². The molecule has 0 saturated carbocycles. The van der Waals surface area contributed by atoms with Gasteiger partial charge in [-0.25, -0.2) is 15.0 Å². The van der Waals surface area contributed by atoms with Crippen LogP contribution in [0.5, 0.6) is 0 Å². The summed E-state index contributed by atoms with van der Waals surface area (Å²) >= 11 is 0. The molecule has 0 aliphatic carbocycles. The van der Waals surface area contributed by atoms with Crippen molar-refractivity contribution >= 4 is 24.0 Å². The molecule has 2 aromatic rings. The highest BCUT2D eigenvalue weighted by Crippen LogP contribution is 2.22. The molecule has 0 aromatic carbocycles. The van der Waals surface area contributed by atoms with E-state index in [1.807, 2.05) is 0 Å². The quantitative estimate of drug-likeness (QED) is 0.792. The molecule has 1 unspecified atom stereocenters. The summed E-state index contributed by atoms with van der Waals surface area (Å²) in [4.78, 5) is 16.8. The van der Waals surface area contributed by atoms with Crippen molar-refractivity contribution in [2.24, 2.45) is 0 Å². The molecule has 4 nitrogen and oxygen atoms in total. The lowest BCUT2D eigenvalue weighted by molar-refractivity contribution is 0.546. The van der Waals surface area contributed by atoms with E-state index < -0.39 is 0 Å². The molecule has 2 heterocycles. The molecular formula is C13H21BN4. The molecule has 18 heavy (non-hydrogen) atoms. The number of nitrogens with one attached hydrogen (secondary N) is 1. The standard InChI is InChI=1S/C13H21BN4/c1-4-6-7-9(5-2)12-17-11(14-3)10-13(18-12)16-8-15-10/h8-9,14H,4-7H2,1-3H3,(H,15,16,17,18). The summed E-state index contributed by atoms with van der Waals surface area (Å²) in [5.74, 6) is 1.46. The summed E-state index contributed by atoms with van der Waals surface area (Å²) < 4.78 is 0. The average Bonchev–Trinajstić information content (AvgIpc) is 2.87. The van der Waals surface area contributed by atoms with Gasteiger partial charge in [0.25, 0.3) is 0 Å². The minimum absolute atomic E-state index is 0.475. The van der Waals surface area contributed by atoms with E-state index in [4.69, 9.17) is 4.98 Å². The first kappa shape index (κ1) is 13.1. The van der Waals surface area contributed by atoms with E-state index in [1.54, 1.807) is 6.33 Å². The number of aromatic amines is 1. The van der Waals surface area contributed by atoms with Gasteiger partial charge in [0.05, 0.1) is 6.33 Å². The number of hydrogen-bond acceptors (Lipinski definition) is 3. The van der Waals surface area contributed by atoms with Crippen LogP contribution in [0.4, 0.5) is 0 Å². The fraction of sp³-hybridized carbons (Fsp3) is 0.615. The molecule has 0 saturated heterocycles. The second-order valence-electron chi connectivity index (χ2n) is 4.73. The van der Waals surface area contributed by atoms with Crippen molar-refractivity contribution in [3.05, 3.63) is 12.2 Å². The Morgan fingerprint density at radius 1 is 1.33 bits per heavy atom.